The Kier molecular flexibility index (Phi) is 5.51. The average Bonchev–Trinajstić information content (AvgIpc) is 2.48. The largest absolute Gasteiger partial charge is 0.490 e. The van der Waals surface area contributed by atoms with E-state index in [1.807, 2.05) is 20.8 Å². The van der Waals surface area contributed by atoms with Crippen molar-refractivity contribution in [3.05, 3.63) is 23.8 Å². The third kappa shape index (κ3) is 4.97. The van der Waals surface area contributed by atoms with Crippen molar-refractivity contribution in [2.45, 2.75) is 51.7 Å². The van der Waals surface area contributed by atoms with E-state index in [4.69, 9.17) is 15.2 Å². The van der Waals surface area contributed by atoms with E-state index >= 15 is 0 Å². The summed E-state index contributed by atoms with van der Waals surface area (Å²) >= 11 is 0. The van der Waals surface area contributed by atoms with Gasteiger partial charge < -0.3 is 20.1 Å². The summed E-state index contributed by atoms with van der Waals surface area (Å²) in [7, 11) is 0. The lowest BCUT2D eigenvalue weighted by molar-refractivity contribution is 0.0123. The lowest BCUT2D eigenvalue weighted by Gasteiger charge is -2.33. The van der Waals surface area contributed by atoms with Crippen LogP contribution in [0.1, 0.15) is 45.6 Å². The van der Waals surface area contributed by atoms with Gasteiger partial charge in [-0.1, -0.05) is 0 Å². The number of carbonyl (C=O) groups is 1. The van der Waals surface area contributed by atoms with Crippen LogP contribution in [0.25, 0.3) is 0 Å². The summed E-state index contributed by atoms with van der Waals surface area (Å²) in [6, 6.07) is 4.24. The van der Waals surface area contributed by atoms with E-state index in [9.17, 15) is 13.6 Å². The van der Waals surface area contributed by atoms with Gasteiger partial charge in [0, 0.05) is 31.6 Å². The molecule has 7 heteroatoms. The molecule has 0 aliphatic carbocycles. The number of hydrogen-bond donors (Lipinski definition) is 1. The standard InChI is InChI=1S/C17H24F2N2O3/c1-17(2,3)24-16(22)21-8-6-12(7-9-21)23-14-5-4-11(20)10-13(14)15(18)19/h4-5,10,12,15H,6-9,20H2,1-3H3. The first-order valence-electron chi connectivity index (χ1n) is 7.98. The topological polar surface area (TPSA) is 64.8 Å². The zero-order chi connectivity index (χ0) is 17.9. The van der Waals surface area contributed by atoms with Gasteiger partial charge in [0.1, 0.15) is 17.5 Å². The smallest absolute Gasteiger partial charge is 0.410 e. The number of benzene rings is 1. The van der Waals surface area contributed by atoms with Gasteiger partial charge in [0.05, 0.1) is 5.56 Å². The van der Waals surface area contributed by atoms with Crippen LogP contribution in [0.15, 0.2) is 18.2 Å². The number of halogens is 2. The molecule has 1 aliphatic rings. The Morgan fingerprint density at radius 3 is 2.46 bits per heavy atom. The second-order valence-electron chi connectivity index (χ2n) is 6.88. The molecule has 1 amide bonds. The average molecular weight is 342 g/mol. The van der Waals surface area contributed by atoms with Gasteiger partial charge in [-0.15, -0.1) is 0 Å². The van der Waals surface area contributed by atoms with Gasteiger partial charge in [-0.25, -0.2) is 13.6 Å². The lowest BCUT2D eigenvalue weighted by atomic mass is 10.1. The van der Waals surface area contributed by atoms with Crippen molar-refractivity contribution in [1.82, 2.24) is 4.90 Å². The van der Waals surface area contributed by atoms with Crippen molar-refractivity contribution in [3.63, 3.8) is 0 Å². The van der Waals surface area contributed by atoms with Gasteiger partial charge >= 0.3 is 6.09 Å². The minimum absolute atomic E-state index is 0.148. The summed E-state index contributed by atoms with van der Waals surface area (Å²) < 4.78 is 37.2. The number of hydrogen-bond acceptors (Lipinski definition) is 4. The zero-order valence-electron chi connectivity index (χ0n) is 14.2. The van der Waals surface area contributed by atoms with Crippen LogP contribution in [0.5, 0.6) is 5.75 Å². The van der Waals surface area contributed by atoms with Crippen molar-refractivity contribution < 1.29 is 23.0 Å². The number of nitrogen functional groups attached to an aromatic ring is 1. The highest BCUT2D eigenvalue weighted by Gasteiger charge is 2.28. The first-order chi connectivity index (χ1) is 11.2. The zero-order valence-corrected chi connectivity index (χ0v) is 14.2. The maximum Gasteiger partial charge on any atom is 0.410 e. The number of alkyl halides is 2. The fraction of sp³-hybridized carbons (Fsp3) is 0.588. The number of nitrogens with two attached hydrogens (primary N) is 1. The normalized spacial score (nSPS) is 16.3. The number of nitrogens with zero attached hydrogens (tertiary/aromatic N) is 1. The van der Waals surface area contributed by atoms with Gasteiger partial charge in [-0.3, -0.25) is 0 Å². The third-order valence-electron chi connectivity index (χ3n) is 3.66. The monoisotopic (exact) mass is 342 g/mol. The SMILES string of the molecule is CC(C)(C)OC(=O)N1CCC(Oc2ccc(N)cc2C(F)F)CC1. The van der Waals surface area contributed by atoms with Crippen molar-refractivity contribution in [2.24, 2.45) is 0 Å². The summed E-state index contributed by atoms with van der Waals surface area (Å²) in [5.41, 5.74) is 5.08. The van der Waals surface area contributed by atoms with E-state index < -0.39 is 12.0 Å². The number of amides is 1. The minimum Gasteiger partial charge on any atom is -0.490 e. The Morgan fingerprint density at radius 2 is 1.92 bits per heavy atom. The van der Waals surface area contributed by atoms with Crippen molar-refractivity contribution in [1.29, 1.82) is 0 Å². The van der Waals surface area contributed by atoms with Crippen LogP contribution in [-0.4, -0.2) is 35.8 Å². The molecular formula is C17H24F2N2O3. The molecule has 2 N–H and O–H groups in total. The van der Waals surface area contributed by atoms with Crippen LogP contribution in [0, 0.1) is 0 Å². The molecule has 1 heterocycles. The van der Waals surface area contributed by atoms with Gasteiger partial charge in [-0.05, 0) is 39.0 Å². The fourth-order valence-corrected chi connectivity index (χ4v) is 2.51. The molecule has 1 fully saturated rings. The second-order valence-corrected chi connectivity index (χ2v) is 6.88. The summed E-state index contributed by atoms with van der Waals surface area (Å²) in [6.07, 6.45) is -2.10. The van der Waals surface area contributed by atoms with Crippen LogP contribution in [0.2, 0.25) is 0 Å². The maximum atomic E-state index is 13.1. The third-order valence-corrected chi connectivity index (χ3v) is 3.66. The molecule has 134 valence electrons. The Labute approximate surface area is 140 Å². The number of carbonyl (C=O) groups excluding carboxylic acids is 1. The van der Waals surface area contributed by atoms with Crippen molar-refractivity contribution >= 4 is 11.8 Å². The van der Waals surface area contributed by atoms with Crippen molar-refractivity contribution in [2.75, 3.05) is 18.8 Å². The lowest BCUT2D eigenvalue weighted by Crippen LogP contribution is -2.44. The van der Waals surface area contributed by atoms with E-state index in [0.717, 1.165) is 0 Å². The number of rotatable bonds is 3. The highest BCUT2D eigenvalue weighted by atomic mass is 19.3. The van der Waals surface area contributed by atoms with E-state index in [0.29, 0.717) is 25.9 Å². The fourth-order valence-electron chi connectivity index (χ4n) is 2.51. The van der Waals surface area contributed by atoms with Crippen LogP contribution in [-0.2, 0) is 4.74 Å². The Balaban J connectivity index is 1.93. The summed E-state index contributed by atoms with van der Waals surface area (Å²) in [4.78, 5) is 13.6. The van der Waals surface area contributed by atoms with Gasteiger partial charge in [-0.2, -0.15) is 0 Å². The number of anilines is 1. The molecule has 1 aromatic rings. The van der Waals surface area contributed by atoms with Crippen LogP contribution >= 0.6 is 0 Å². The number of ether oxygens (including phenoxy) is 2. The van der Waals surface area contributed by atoms with Gasteiger partial charge in [0.25, 0.3) is 6.43 Å². The molecule has 1 aliphatic heterocycles. The molecule has 0 radical (unpaired) electrons. The second kappa shape index (κ2) is 7.23. The van der Waals surface area contributed by atoms with Crippen LogP contribution in [0.4, 0.5) is 19.3 Å². The molecular weight excluding hydrogens is 318 g/mol. The molecule has 0 spiro atoms. The van der Waals surface area contributed by atoms with Gasteiger partial charge in [0.2, 0.25) is 0 Å². The summed E-state index contributed by atoms with van der Waals surface area (Å²) in [6.45, 7) is 6.38. The molecule has 24 heavy (non-hydrogen) atoms. The Bertz CT molecular complexity index is 580. The predicted molar refractivity (Wildman–Crippen MR) is 87.3 cm³/mol. The summed E-state index contributed by atoms with van der Waals surface area (Å²) in [5, 5.41) is 0. The minimum atomic E-state index is -2.65. The van der Waals surface area contributed by atoms with Gasteiger partial charge in [0.15, 0.2) is 0 Å². The Morgan fingerprint density at radius 1 is 1.29 bits per heavy atom. The van der Waals surface area contributed by atoms with E-state index in [1.54, 1.807) is 4.90 Å². The van der Waals surface area contributed by atoms with Crippen LogP contribution in [0.3, 0.4) is 0 Å². The van der Waals surface area contributed by atoms with E-state index in [2.05, 4.69) is 0 Å². The number of likely N-dealkylation sites (tertiary alicyclic amines) is 1. The molecule has 5 nitrogen and oxygen atoms in total. The van der Waals surface area contributed by atoms with Crippen molar-refractivity contribution in [3.8, 4) is 5.75 Å². The Hall–Kier alpha value is -2.05. The first kappa shape index (κ1) is 18.3. The number of piperidine rings is 1. The first-order valence-corrected chi connectivity index (χ1v) is 7.98. The molecule has 0 bridgehead atoms. The quantitative estimate of drug-likeness (QED) is 0.844. The molecule has 0 saturated carbocycles. The maximum absolute atomic E-state index is 13.1. The molecule has 2 rings (SSSR count). The highest BCUT2D eigenvalue weighted by molar-refractivity contribution is 5.68. The molecule has 0 unspecified atom stereocenters. The molecule has 1 aromatic carbocycles. The molecule has 0 atom stereocenters. The summed E-state index contributed by atoms with van der Waals surface area (Å²) in [5.74, 6) is 0.148. The highest BCUT2D eigenvalue weighted by Crippen LogP contribution is 2.32. The molecule has 0 aromatic heterocycles. The van der Waals surface area contributed by atoms with Crippen LogP contribution < -0.4 is 10.5 Å². The van der Waals surface area contributed by atoms with E-state index in [1.165, 1.54) is 18.2 Å². The van der Waals surface area contributed by atoms with E-state index in [-0.39, 0.29) is 29.2 Å². The molecule has 1 saturated heterocycles. The predicted octanol–water partition coefficient (Wildman–Crippen LogP) is 3.98.